The Bertz CT molecular complexity index is 241. The summed E-state index contributed by atoms with van der Waals surface area (Å²) >= 11 is 0. The molecule has 1 nitrogen and oxygen atoms in total. The van der Waals surface area contributed by atoms with Crippen LogP contribution in [0.2, 0.25) is 0 Å². The van der Waals surface area contributed by atoms with Gasteiger partial charge in [0.1, 0.15) is 0 Å². The fourth-order valence-electron chi connectivity index (χ4n) is 2.32. The van der Waals surface area contributed by atoms with Gasteiger partial charge in [0.15, 0.2) is 0 Å². The summed E-state index contributed by atoms with van der Waals surface area (Å²) in [5.41, 5.74) is 3.19. The molecule has 0 aliphatic heterocycles. The van der Waals surface area contributed by atoms with Crippen LogP contribution in [0, 0.1) is 5.92 Å². The number of hydrogen-bond acceptors (Lipinski definition) is 1. The van der Waals surface area contributed by atoms with Crippen molar-refractivity contribution < 1.29 is 68.5 Å². The Kier molecular flexibility index (Phi) is 15.8. The molecule has 1 N–H and O–H groups in total. The summed E-state index contributed by atoms with van der Waals surface area (Å²) in [6.07, 6.45) is 10.7. The molecule has 0 aromatic carbocycles. The number of rotatable bonds is 2. The normalized spacial score (nSPS) is 20.9. The summed E-state index contributed by atoms with van der Waals surface area (Å²) in [6, 6.07) is 0. The quantitative estimate of drug-likeness (QED) is 0.519. The van der Waals surface area contributed by atoms with E-state index < -0.39 is 0 Å². The Morgan fingerprint density at radius 2 is 1.75 bits per heavy atom. The molecule has 5 heteroatoms. The maximum atomic E-state index is 8.86. The van der Waals surface area contributed by atoms with Crippen molar-refractivity contribution in [1.29, 1.82) is 0 Å². The van der Waals surface area contributed by atoms with Crippen LogP contribution in [0.25, 0.3) is 0 Å². The van der Waals surface area contributed by atoms with Crippen LogP contribution in [0.4, 0.5) is 0 Å². The summed E-state index contributed by atoms with van der Waals surface area (Å²) in [7, 11) is 0. The van der Waals surface area contributed by atoms with Gasteiger partial charge in [-0.05, 0) is 37.7 Å². The van der Waals surface area contributed by atoms with Crippen LogP contribution in [0.5, 0.6) is 0 Å². The van der Waals surface area contributed by atoms with Gasteiger partial charge in [0.2, 0.25) is 0 Å². The van der Waals surface area contributed by atoms with E-state index in [1.807, 2.05) is 0 Å². The third kappa shape index (κ3) is 5.23. The van der Waals surface area contributed by atoms with E-state index in [1.54, 1.807) is 11.1 Å². The molecule has 91 valence electrons. The molecular weight excluding hydrogens is 346 g/mol. The molecule has 1 radical (unpaired) electrons. The van der Waals surface area contributed by atoms with Crippen molar-refractivity contribution in [3.8, 4) is 0 Å². The molecule has 0 spiro atoms. The molecular formula is C11H16Cl3OZr. The topological polar surface area (TPSA) is 20.2 Å². The van der Waals surface area contributed by atoms with Crippen LogP contribution in [-0.2, 0) is 26.2 Å². The van der Waals surface area contributed by atoms with Gasteiger partial charge in [-0.3, -0.25) is 0 Å². The second-order valence-corrected chi connectivity index (χ2v) is 3.74. The zero-order valence-corrected chi connectivity index (χ0v) is 13.8. The van der Waals surface area contributed by atoms with E-state index in [2.05, 4.69) is 12.2 Å². The number of aliphatic hydroxyl groups is 1. The van der Waals surface area contributed by atoms with Gasteiger partial charge in [0.05, 0.1) is 0 Å². The average Bonchev–Trinajstić information content (AvgIpc) is 2.50. The molecule has 0 fully saturated rings. The second kappa shape index (κ2) is 11.3. The van der Waals surface area contributed by atoms with Gasteiger partial charge in [-0.25, -0.2) is 0 Å². The molecule has 0 aromatic heterocycles. The molecule has 2 aliphatic carbocycles. The first-order valence-electron chi connectivity index (χ1n) is 4.93. The average molecular weight is 362 g/mol. The Labute approximate surface area is 135 Å². The summed E-state index contributed by atoms with van der Waals surface area (Å²) in [4.78, 5) is 0. The van der Waals surface area contributed by atoms with E-state index in [4.69, 9.17) is 5.11 Å². The van der Waals surface area contributed by atoms with E-state index in [-0.39, 0.29) is 63.4 Å². The number of aliphatic hydroxyl groups excluding tert-OH is 1. The summed E-state index contributed by atoms with van der Waals surface area (Å²) in [5, 5.41) is 8.86. The van der Waals surface area contributed by atoms with Gasteiger partial charge < -0.3 is 42.3 Å². The molecule has 0 heterocycles. The van der Waals surface area contributed by atoms with E-state index >= 15 is 0 Å². The van der Waals surface area contributed by atoms with Gasteiger partial charge in [-0.15, -0.1) is 0 Å². The minimum Gasteiger partial charge on any atom is -1.00 e. The second-order valence-electron chi connectivity index (χ2n) is 3.74. The fraction of sp³-hybridized carbons (Fsp3) is 0.636. The van der Waals surface area contributed by atoms with E-state index in [1.165, 1.54) is 25.7 Å². The zero-order chi connectivity index (χ0) is 8.39. The van der Waals surface area contributed by atoms with Crippen molar-refractivity contribution in [2.75, 3.05) is 6.61 Å². The molecule has 0 unspecified atom stereocenters. The number of allylic oxidation sites excluding steroid dienone is 4. The smallest absolute Gasteiger partial charge is 1.00 e. The third-order valence-corrected chi connectivity index (χ3v) is 2.97. The first kappa shape index (κ1) is 22.4. The van der Waals surface area contributed by atoms with Gasteiger partial charge >= 0.3 is 26.2 Å². The minimum atomic E-state index is 0. The Hall–Kier alpha value is 1.19. The first-order valence-corrected chi connectivity index (χ1v) is 4.93. The minimum absolute atomic E-state index is 0. The maximum absolute atomic E-state index is 8.86. The van der Waals surface area contributed by atoms with E-state index in [0.29, 0.717) is 12.5 Å². The Morgan fingerprint density at radius 1 is 1.12 bits per heavy atom. The summed E-state index contributed by atoms with van der Waals surface area (Å²) in [6.45, 7) is 0.325. The number of hydrogen-bond donors (Lipinski definition) is 1. The predicted octanol–water partition coefficient (Wildman–Crippen LogP) is -6.57. The van der Waals surface area contributed by atoms with E-state index in [9.17, 15) is 0 Å². The van der Waals surface area contributed by atoms with Gasteiger partial charge in [-0.1, -0.05) is 17.7 Å². The maximum Gasteiger partial charge on any atom is 3.00 e. The largest absolute Gasteiger partial charge is 3.00 e. The van der Waals surface area contributed by atoms with Crippen LogP contribution in [-0.4, -0.2) is 11.7 Å². The molecule has 1 atom stereocenters. The van der Waals surface area contributed by atoms with Gasteiger partial charge in [-0.2, -0.15) is 0 Å². The monoisotopic (exact) mass is 359 g/mol. The Morgan fingerprint density at radius 3 is 2.38 bits per heavy atom. The van der Waals surface area contributed by atoms with Crippen molar-refractivity contribution in [3.05, 3.63) is 23.3 Å². The molecule has 0 amide bonds. The molecule has 0 bridgehead atoms. The van der Waals surface area contributed by atoms with Crippen LogP contribution in [0.15, 0.2) is 23.3 Å². The standard InChI is InChI=1S/C11H16O.3ClH.Zr/c12-8-7-10-6-5-9-3-1-2-4-11(9)10;;;;/h5-6,10,12H,1-4,7-8H2;3*1H;/q;;;;+3/p-3/t10-;;;;/m1..../s1. The van der Waals surface area contributed by atoms with Gasteiger partial charge in [0, 0.05) is 12.5 Å². The fourth-order valence-corrected chi connectivity index (χ4v) is 2.32. The van der Waals surface area contributed by atoms with E-state index in [0.717, 1.165) is 6.42 Å². The third-order valence-electron chi connectivity index (χ3n) is 2.97. The number of halogens is 3. The van der Waals surface area contributed by atoms with Crippen LogP contribution in [0.1, 0.15) is 32.1 Å². The van der Waals surface area contributed by atoms with Gasteiger partial charge in [0.25, 0.3) is 0 Å². The SMILES string of the molecule is OCC[C@H]1C=CC2=C1CCCC2.[Cl-].[Cl-].[Cl-].[Zr+3]. The summed E-state index contributed by atoms with van der Waals surface area (Å²) < 4.78 is 0. The zero-order valence-electron chi connectivity index (χ0n) is 9.06. The van der Waals surface area contributed by atoms with Crippen molar-refractivity contribution >= 4 is 0 Å². The molecule has 0 aromatic rings. The van der Waals surface area contributed by atoms with Crippen LogP contribution >= 0.6 is 0 Å². The summed E-state index contributed by atoms with van der Waals surface area (Å²) in [5.74, 6) is 0.574. The molecule has 2 aliphatic rings. The van der Waals surface area contributed by atoms with Crippen molar-refractivity contribution in [1.82, 2.24) is 0 Å². The predicted molar refractivity (Wildman–Crippen MR) is 49.8 cm³/mol. The van der Waals surface area contributed by atoms with Crippen LogP contribution in [0.3, 0.4) is 0 Å². The molecule has 16 heavy (non-hydrogen) atoms. The molecule has 0 saturated heterocycles. The van der Waals surface area contributed by atoms with Crippen molar-refractivity contribution in [2.24, 2.45) is 5.92 Å². The molecule has 0 saturated carbocycles. The Balaban J connectivity index is -0.000000422. The van der Waals surface area contributed by atoms with Crippen molar-refractivity contribution in [2.45, 2.75) is 32.1 Å². The molecule has 2 rings (SSSR count). The van der Waals surface area contributed by atoms with Crippen LogP contribution < -0.4 is 37.2 Å². The van der Waals surface area contributed by atoms with Crippen molar-refractivity contribution in [3.63, 3.8) is 0 Å². The first-order chi connectivity index (χ1) is 5.92.